The number of fused-ring (bicyclic) bond motifs is 1. The summed E-state index contributed by atoms with van der Waals surface area (Å²) in [7, 11) is 1.40. The van der Waals surface area contributed by atoms with Crippen molar-refractivity contribution >= 4 is 35.2 Å². The minimum atomic E-state index is -1.10. The predicted molar refractivity (Wildman–Crippen MR) is 101 cm³/mol. The first-order chi connectivity index (χ1) is 13.0. The first kappa shape index (κ1) is 18.8. The molecule has 0 aliphatic carbocycles. The molecule has 1 aliphatic rings. The summed E-state index contributed by atoms with van der Waals surface area (Å²) in [5.41, 5.74) is 1.38. The molecular weight excluding hydrogens is 368 g/mol. The number of anilines is 1. The number of carbonyl (C=O) groups excluding carboxylic acids is 2. The van der Waals surface area contributed by atoms with Crippen molar-refractivity contribution in [3.8, 4) is 5.75 Å². The fourth-order valence-electron chi connectivity index (χ4n) is 2.76. The quantitative estimate of drug-likeness (QED) is 0.790. The maximum absolute atomic E-state index is 12.3. The van der Waals surface area contributed by atoms with Gasteiger partial charge >= 0.3 is 5.97 Å². The molecule has 0 aromatic heterocycles. The molecule has 0 bridgehead atoms. The minimum Gasteiger partial charge on any atom is -0.496 e. The van der Waals surface area contributed by atoms with Gasteiger partial charge in [-0.2, -0.15) is 0 Å². The smallest absolute Gasteiger partial charge is 0.339 e. The molecule has 3 rings (SSSR count). The van der Waals surface area contributed by atoms with Crippen molar-refractivity contribution in [3.63, 3.8) is 0 Å². The second kappa shape index (κ2) is 8.13. The molecule has 2 aromatic rings. The van der Waals surface area contributed by atoms with Crippen LogP contribution in [-0.2, 0) is 16.1 Å². The Hall–Kier alpha value is -3.00. The summed E-state index contributed by atoms with van der Waals surface area (Å²) in [6.07, 6.45) is 0. The first-order valence-corrected chi connectivity index (χ1v) is 9.17. The summed E-state index contributed by atoms with van der Waals surface area (Å²) in [5, 5.41) is 12.0. The maximum atomic E-state index is 12.3. The lowest BCUT2D eigenvalue weighted by atomic mass is 10.1. The Balaban J connectivity index is 1.66. The van der Waals surface area contributed by atoms with Crippen LogP contribution >= 0.6 is 11.8 Å². The van der Waals surface area contributed by atoms with Gasteiger partial charge in [0.1, 0.15) is 17.9 Å². The van der Waals surface area contributed by atoms with Gasteiger partial charge in [-0.3, -0.25) is 9.59 Å². The van der Waals surface area contributed by atoms with Crippen LogP contribution in [0.15, 0.2) is 47.4 Å². The molecule has 2 N–H and O–H groups in total. The number of carboxylic acids is 1. The van der Waals surface area contributed by atoms with Crippen molar-refractivity contribution in [2.45, 2.75) is 11.4 Å². The van der Waals surface area contributed by atoms with E-state index < -0.39 is 5.97 Å². The molecule has 0 fully saturated rings. The number of nitrogens with zero attached hydrogens (tertiary/aromatic N) is 1. The maximum Gasteiger partial charge on any atom is 0.339 e. The first-order valence-electron chi connectivity index (χ1n) is 8.18. The molecule has 0 saturated heterocycles. The Kier molecular flexibility index (Phi) is 5.66. The van der Waals surface area contributed by atoms with Crippen LogP contribution in [0.5, 0.6) is 5.75 Å². The van der Waals surface area contributed by atoms with Crippen LogP contribution in [0.25, 0.3) is 0 Å². The highest BCUT2D eigenvalue weighted by Gasteiger charge is 2.26. The Morgan fingerprint density at radius 3 is 2.78 bits per heavy atom. The average Bonchev–Trinajstić information content (AvgIpc) is 2.68. The molecule has 2 amide bonds. The monoisotopic (exact) mass is 386 g/mol. The molecule has 27 heavy (non-hydrogen) atoms. The van der Waals surface area contributed by atoms with Crippen molar-refractivity contribution in [2.75, 3.05) is 24.3 Å². The molecule has 8 heteroatoms. The molecule has 7 nitrogen and oxygen atoms in total. The number of hydrogen-bond donors (Lipinski definition) is 2. The number of thioether (sulfide) groups is 1. The number of carboxylic acid groups (broad SMARTS) is 1. The summed E-state index contributed by atoms with van der Waals surface area (Å²) in [4.78, 5) is 38.2. The molecular formula is C19H18N2O5S. The van der Waals surface area contributed by atoms with E-state index in [1.54, 1.807) is 12.1 Å². The van der Waals surface area contributed by atoms with Gasteiger partial charge in [-0.1, -0.05) is 18.2 Å². The van der Waals surface area contributed by atoms with Crippen LogP contribution in [0.4, 0.5) is 5.69 Å². The lowest BCUT2D eigenvalue weighted by Crippen LogP contribution is -2.43. The highest BCUT2D eigenvalue weighted by Crippen LogP contribution is 2.34. The van der Waals surface area contributed by atoms with Crippen LogP contribution in [0.1, 0.15) is 15.9 Å². The molecule has 2 aromatic carbocycles. The molecule has 1 heterocycles. The zero-order valence-corrected chi connectivity index (χ0v) is 15.4. The second-order valence-corrected chi connectivity index (χ2v) is 6.87. The SMILES string of the molecule is COc1ccc(CNC(=O)CN2C(=O)CSc3ccccc32)cc1C(=O)O. The number of amides is 2. The highest BCUT2D eigenvalue weighted by atomic mass is 32.2. The summed E-state index contributed by atoms with van der Waals surface area (Å²) in [6, 6.07) is 12.1. The summed E-state index contributed by atoms with van der Waals surface area (Å²) < 4.78 is 5.02. The van der Waals surface area contributed by atoms with E-state index in [2.05, 4.69) is 5.32 Å². The van der Waals surface area contributed by atoms with E-state index in [9.17, 15) is 19.5 Å². The van der Waals surface area contributed by atoms with Gasteiger partial charge in [-0.05, 0) is 29.8 Å². The number of methoxy groups -OCH3 is 1. The molecule has 140 valence electrons. The van der Waals surface area contributed by atoms with Gasteiger partial charge in [-0.15, -0.1) is 11.8 Å². The van der Waals surface area contributed by atoms with Gasteiger partial charge < -0.3 is 20.1 Å². The highest BCUT2D eigenvalue weighted by molar-refractivity contribution is 8.00. The molecule has 0 unspecified atom stereocenters. The number of benzene rings is 2. The summed E-state index contributed by atoms with van der Waals surface area (Å²) >= 11 is 1.46. The second-order valence-electron chi connectivity index (χ2n) is 5.85. The molecule has 0 radical (unpaired) electrons. The Bertz CT molecular complexity index is 899. The molecule has 1 aliphatic heterocycles. The van der Waals surface area contributed by atoms with Gasteiger partial charge in [0.15, 0.2) is 0 Å². The van der Waals surface area contributed by atoms with Crippen LogP contribution in [0, 0.1) is 0 Å². The van der Waals surface area contributed by atoms with Gasteiger partial charge in [0, 0.05) is 11.4 Å². The largest absolute Gasteiger partial charge is 0.496 e. The topological polar surface area (TPSA) is 95.9 Å². The van der Waals surface area contributed by atoms with E-state index in [0.717, 1.165) is 10.6 Å². The standard InChI is InChI=1S/C19H18N2O5S/c1-26-15-7-6-12(8-13(15)19(24)25)9-20-17(22)10-21-14-4-2-3-5-16(14)27-11-18(21)23/h2-8H,9-11H2,1H3,(H,20,22)(H,24,25). The van der Waals surface area contributed by atoms with E-state index in [1.165, 1.54) is 29.8 Å². The van der Waals surface area contributed by atoms with Crippen LogP contribution in [0.2, 0.25) is 0 Å². The van der Waals surface area contributed by atoms with E-state index in [-0.39, 0.29) is 36.2 Å². The van der Waals surface area contributed by atoms with E-state index in [0.29, 0.717) is 11.3 Å². The van der Waals surface area contributed by atoms with Gasteiger partial charge in [0.2, 0.25) is 11.8 Å². The lowest BCUT2D eigenvalue weighted by Gasteiger charge is -2.28. The zero-order chi connectivity index (χ0) is 19.4. The number of rotatable bonds is 6. The number of nitrogens with one attached hydrogen (secondary N) is 1. The van der Waals surface area contributed by atoms with Crippen LogP contribution in [0.3, 0.4) is 0 Å². The summed E-state index contributed by atoms with van der Waals surface area (Å²) in [6.45, 7) is 0.0693. The minimum absolute atomic E-state index is 0.0291. The van der Waals surface area contributed by atoms with Crippen molar-refractivity contribution in [2.24, 2.45) is 0 Å². The third-order valence-corrected chi connectivity index (χ3v) is 5.14. The van der Waals surface area contributed by atoms with Gasteiger partial charge in [-0.25, -0.2) is 4.79 Å². The number of ether oxygens (including phenoxy) is 1. The zero-order valence-electron chi connectivity index (χ0n) is 14.6. The van der Waals surface area contributed by atoms with E-state index in [4.69, 9.17) is 4.74 Å². The third-order valence-electron chi connectivity index (χ3n) is 4.09. The van der Waals surface area contributed by atoms with Crippen LogP contribution < -0.4 is 15.0 Å². The fraction of sp³-hybridized carbons (Fsp3) is 0.211. The van der Waals surface area contributed by atoms with E-state index >= 15 is 0 Å². The third kappa shape index (κ3) is 4.22. The molecule has 0 atom stereocenters. The molecule has 0 spiro atoms. The average molecular weight is 386 g/mol. The number of hydrogen-bond acceptors (Lipinski definition) is 5. The Morgan fingerprint density at radius 2 is 2.04 bits per heavy atom. The van der Waals surface area contributed by atoms with Crippen molar-refractivity contribution in [3.05, 3.63) is 53.6 Å². The number of para-hydroxylation sites is 1. The van der Waals surface area contributed by atoms with Crippen molar-refractivity contribution < 1.29 is 24.2 Å². The Labute approximate surface area is 160 Å². The number of aromatic carboxylic acids is 1. The van der Waals surface area contributed by atoms with Crippen molar-refractivity contribution in [1.82, 2.24) is 5.32 Å². The van der Waals surface area contributed by atoms with Gasteiger partial charge in [0.05, 0.1) is 18.6 Å². The lowest BCUT2D eigenvalue weighted by molar-refractivity contribution is -0.123. The van der Waals surface area contributed by atoms with Crippen molar-refractivity contribution in [1.29, 1.82) is 0 Å². The normalized spacial score (nSPS) is 13.1. The van der Waals surface area contributed by atoms with Gasteiger partial charge in [0.25, 0.3) is 0 Å². The Morgan fingerprint density at radius 1 is 1.26 bits per heavy atom. The number of carbonyl (C=O) groups is 3. The predicted octanol–water partition coefficient (Wildman–Crippen LogP) is 2.15. The molecule has 0 saturated carbocycles. The van der Waals surface area contributed by atoms with Crippen LogP contribution in [-0.4, -0.2) is 42.3 Å². The summed E-state index contributed by atoms with van der Waals surface area (Å²) in [5.74, 6) is -0.993. The van der Waals surface area contributed by atoms with E-state index in [1.807, 2.05) is 24.3 Å². The fourth-order valence-corrected chi connectivity index (χ4v) is 3.70.